The molecule has 4 nitrogen and oxygen atoms in total. The number of guanidine groups is 1. The van der Waals surface area contributed by atoms with Crippen LogP contribution in [0.15, 0.2) is 4.99 Å². The summed E-state index contributed by atoms with van der Waals surface area (Å²) in [6.07, 6.45) is 6.74. The molecule has 1 spiro atoms. The van der Waals surface area contributed by atoms with Crippen molar-refractivity contribution in [1.82, 2.24) is 10.2 Å². The van der Waals surface area contributed by atoms with Gasteiger partial charge in [-0.05, 0) is 43.9 Å². The number of likely N-dealkylation sites (tertiary alicyclic amines) is 1. The fourth-order valence-corrected chi connectivity index (χ4v) is 3.26. The van der Waals surface area contributed by atoms with Crippen molar-refractivity contribution < 1.29 is 4.74 Å². The van der Waals surface area contributed by atoms with E-state index < -0.39 is 0 Å². The SMILES string of the molecule is CCNC(=NCCOCCC(C)C)N1CCC2(CCC2)C1. The summed E-state index contributed by atoms with van der Waals surface area (Å²) in [4.78, 5) is 7.20. The van der Waals surface area contributed by atoms with E-state index in [2.05, 4.69) is 31.0 Å². The average Bonchev–Trinajstić information content (AvgIpc) is 2.86. The van der Waals surface area contributed by atoms with Crippen molar-refractivity contribution in [3.63, 3.8) is 0 Å². The minimum absolute atomic E-state index is 0.629. The van der Waals surface area contributed by atoms with Gasteiger partial charge in [0.25, 0.3) is 0 Å². The minimum Gasteiger partial charge on any atom is -0.380 e. The van der Waals surface area contributed by atoms with Crippen LogP contribution in [0.1, 0.15) is 52.9 Å². The number of nitrogens with zero attached hydrogens (tertiary/aromatic N) is 2. The smallest absolute Gasteiger partial charge is 0.194 e. The lowest BCUT2D eigenvalue weighted by Crippen LogP contribution is -2.42. The van der Waals surface area contributed by atoms with Crippen LogP contribution in [-0.4, -0.2) is 50.3 Å². The molecule has 1 saturated heterocycles. The third-order valence-electron chi connectivity index (χ3n) is 4.82. The molecule has 2 rings (SSSR count). The first-order valence-corrected chi connectivity index (χ1v) is 8.76. The van der Waals surface area contributed by atoms with Gasteiger partial charge < -0.3 is 15.0 Å². The summed E-state index contributed by atoms with van der Waals surface area (Å²) in [7, 11) is 0. The zero-order valence-electron chi connectivity index (χ0n) is 14.2. The molecule has 0 bridgehead atoms. The lowest BCUT2D eigenvalue weighted by molar-refractivity contribution is 0.130. The predicted octanol–water partition coefficient (Wildman–Crippen LogP) is 2.89. The fraction of sp³-hybridized carbons (Fsp3) is 0.941. The second kappa shape index (κ2) is 8.02. The first kappa shape index (κ1) is 16.6. The van der Waals surface area contributed by atoms with Gasteiger partial charge in [-0.2, -0.15) is 0 Å². The van der Waals surface area contributed by atoms with Crippen LogP contribution in [0, 0.1) is 11.3 Å². The van der Waals surface area contributed by atoms with Crippen molar-refractivity contribution in [3.8, 4) is 0 Å². The van der Waals surface area contributed by atoms with E-state index in [1.165, 1.54) is 38.8 Å². The molecule has 2 fully saturated rings. The number of hydrogen-bond acceptors (Lipinski definition) is 2. The second-order valence-corrected chi connectivity index (χ2v) is 7.06. The Hall–Kier alpha value is -0.770. The van der Waals surface area contributed by atoms with Gasteiger partial charge in [0.05, 0.1) is 13.2 Å². The molecule has 0 aromatic carbocycles. The summed E-state index contributed by atoms with van der Waals surface area (Å²) in [6.45, 7) is 12.3. The van der Waals surface area contributed by atoms with Crippen molar-refractivity contribution in [2.75, 3.05) is 39.4 Å². The summed E-state index contributed by atoms with van der Waals surface area (Å²) >= 11 is 0. The Labute approximate surface area is 130 Å². The monoisotopic (exact) mass is 295 g/mol. The highest BCUT2D eigenvalue weighted by Gasteiger charge is 2.43. The van der Waals surface area contributed by atoms with E-state index in [4.69, 9.17) is 9.73 Å². The zero-order valence-corrected chi connectivity index (χ0v) is 14.2. The quantitative estimate of drug-likeness (QED) is 0.446. The topological polar surface area (TPSA) is 36.9 Å². The minimum atomic E-state index is 0.629. The van der Waals surface area contributed by atoms with Gasteiger partial charge in [0, 0.05) is 26.2 Å². The van der Waals surface area contributed by atoms with E-state index in [-0.39, 0.29) is 0 Å². The van der Waals surface area contributed by atoms with Gasteiger partial charge in [0.1, 0.15) is 0 Å². The lowest BCUT2D eigenvalue weighted by atomic mass is 9.68. The van der Waals surface area contributed by atoms with E-state index in [0.29, 0.717) is 11.3 Å². The number of aliphatic imine (C=N–C) groups is 1. The summed E-state index contributed by atoms with van der Waals surface area (Å²) in [5, 5.41) is 3.44. The number of nitrogens with one attached hydrogen (secondary N) is 1. The highest BCUT2D eigenvalue weighted by molar-refractivity contribution is 5.80. The highest BCUT2D eigenvalue weighted by Crippen LogP contribution is 2.47. The van der Waals surface area contributed by atoms with Crippen molar-refractivity contribution in [2.24, 2.45) is 16.3 Å². The molecule has 1 aliphatic heterocycles. The normalized spacial score (nSPS) is 21.1. The van der Waals surface area contributed by atoms with Gasteiger partial charge in [0.2, 0.25) is 0 Å². The molecule has 1 saturated carbocycles. The van der Waals surface area contributed by atoms with Gasteiger partial charge >= 0.3 is 0 Å². The maximum Gasteiger partial charge on any atom is 0.194 e. The Morgan fingerprint density at radius 2 is 2.10 bits per heavy atom. The van der Waals surface area contributed by atoms with Crippen molar-refractivity contribution in [3.05, 3.63) is 0 Å². The summed E-state index contributed by atoms with van der Waals surface area (Å²) < 4.78 is 5.66. The number of hydrogen-bond donors (Lipinski definition) is 1. The Balaban J connectivity index is 1.72. The first-order valence-electron chi connectivity index (χ1n) is 8.76. The molecule has 0 radical (unpaired) electrons. The largest absolute Gasteiger partial charge is 0.380 e. The molecule has 122 valence electrons. The zero-order chi connectivity index (χ0) is 15.1. The van der Waals surface area contributed by atoms with E-state index in [1.54, 1.807) is 0 Å². The average molecular weight is 295 g/mol. The standard InChI is InChI=1S/C17H33N3O/c1-4-18-16(19-10-13-21-12-6-15(2)3)20-11-9-17(14-20)7-5-8-17/h15H,4-14H2,1-3H3,(H,18,19). The molecule has 2 aliphatic rings. The first-order chi connectivity index (χ1) is 10.2. The summed E-state index contributed by atoms with van der Waals surface area (Å²) in [6, 6.07) is 0. The summed E-state index contributed by atoms with van der Waals surface area (Å²) in [5.41, 5.74) is 0.629. The van der Waals surface area contributed by atoms with Crippen molar-refractivity contribution in [2.45, 2.75) is 52.9 Å². The molecule has 0 aromatic heterocycles. The Kier molecular flexibility index (Phi) is 6.34. The Bertz CT molecular complexity index is 337. The van der Waals surface area contributed by atoms with Crippen LogP contribution < -0.4 is 5.32 Å². The van der Waals surface area contributed by atoms with Gasteiger partial charge in [-0.15, -0.1) is 0 Å². The van der Waals surface area contributed by atoms with Gasteiger partial charge in [0.15, 0.2) is 5.96 Å². The van der Waals surface area contributed by atoms with Crippen LogP contribution in [0.3, 0.4) is 0 Å². The van der Waals surface area contributed by atoms with Crippen molar-refractivity contribution in [1.29, 1.82) is 0 Å². The van der Waals surface area contributed by atoms with Crippen LogP contribution in [-0.2, 0) is 4.74 Å². The van der Waals surface area contributed by atoms with Crippen LogP contribution in [0.25, 0.3) is 0 Å². The molecule has 0 unspecified atom stereocenters. The van der Waals surface area contributed by atoms with Gasteiger partial charge in [-0.1, -0.05) is 20.3 Å². The lowest BCUT2D eigenvalue weighted by Gasteiger charge is -2.38. The van der Waals surface area contributed by atoms with E-state index in [0.717, 1.165) is 38.7 Å². The number of rotatable bonds is 7. The molecule has 1 heterocycles. The molecule has 0 amide bonds. The molecule has 1 aliphatic carbocycles. The van der Waals surface area contributed by atoms with Gasteiger partial charge in [-0.25, -0.2) is 0 Å². The van der Waals surface area contributed by atoms with E-state index >= 15 is 0 Å². The second-order valence-electron chi connectivity index (χ2n) is 7.06. The van der Waals surface area contributed by atoms with Crippen molar-refractivity contribution >= 4 is 5.96 Å². The van der Waals surface area contributed by atoms with Gasteiger partial charge in [-0.3, -0.25) is 4.99 Å². The molecule has 4 heteroatoms. The molecule has 0 atom stereocenters. The van der Waals surface area contributed by atoms with Crippen LogP contribution in [0.5, 0.6) is 0 Å². The Morgan fingerprint density at radius 3 is 2.67 bits per heavy atom. The maximum atomic E-state index is 5.66. The fourth-order valence-electron chi connectivity index (χ4n) is 3.26. The van der Waals surface area contributed by atoms with E-state index in [9.17, 15) is 0 Å². The molecule has 1 N–H and O–H groups in total. The van der Waals surface area contributed by atoms with Crippen LogP contribution in [0.2, 0.25) is 0 Å². The highest BCUT2D eigenvalue weighted by atomic mass is 16.5. The van der Waals surface area contributed by atoms with Crippen LogP contribution >= 0.6 is 0 Å². The predicted molar refractivity (Wildman–Crippen MR) is 88.7 cm³/mol. The molecular formula is C17H33N3O. The number of ether oxygens (including phenoxy) is 1. The van der Waals surface area contributed by atoms with Crippen LogP contribution in [0.4, 0.5) is 0 Å². The molecular weight excluding hydrogens is 262 g/mol. The third kappa shape index (κ3) is 4.87. The summed E-state index contributed by atoms with van der Waals surface area (Å²) in [5.74, 6) is 1.81. The molecule has 0 aromatic rings. The van der Waals surface area contributed by atoms with E-state index in [1.807, 2.05) is 0 Å². The third-order valence-corrected chi connectivity index (χ3v) is 4.82. The Morgan fingerprint density at radius 1 is 1.29 bits per heavy atom. The maximum absolute atomic E-state index is 5.66. The molecule has 21 heavy (non-hydrogen) atoms.